The average Bonchev–Trinajstić information content (AvgIpc) is 2.86. The quantitative estimate of drug-likeness (QED) is 0.479. The van der Waals surface area contributed by atoms with Gasteiger partial charge in [-0.2, -0.15) is 4.98 Å². The number of methoxy groups -OCH3 is 1. The fourth-order valence-corrected chi connectivity index (χ4v) is 4.98. The lowest BCUT2D eigenvalue weighted by Gasteiger charge is -2.36. The smallest absolute Gasteiger partial charge is 0.224 e. The second-order valence-electron chi connectivity index (χ2n) is 7.82. The SMILES string of the molecule is CCCOc1nc(C(C)N2CCN([S+]([O-])c3ccc(OC)cc3)CC2)nc2ccccc12. The molecule has 1 fully saturated rings. The fraction of sp³-hybridized carbons (Fsp3) is 0.417. The molecule has 2 aromatic carbocycles. The van der Waals surface area contributed by atoms with Gasteiger partial charge in [0, 0.05) is 13.1 Å². The number of piperazine rings is 1. The molecule has 0 radical (unpaired) electrons. The minimum atomic E-state index is -1.18. The summed E-state index contributed by atoms with van der Waals surface area (Å²) in [6.45, 7) is 7.87. The molecule has 0 spiro atoms. The second-order valence-corrected chi connectivity index (χ2v) is 9.30. The van der Waals surface area contributed by atoms with Gasteiger partial charge in [0.25, 0.3) is 0 Å². The van der Waals surface area contributed by atoms with E-state index in [1.807, 2.05) is 52.8 Å². The third-order valence-corrected chi connectivity index (χ3v) is 7.23. The summed E-state index contributed by atoms with van der Waals surface area (Å²) in [7, 11) is 1.63. The number of hydrogen-bond donors (Lipinski definition) is 0. The van der Waals surface area contributed by atoms with E-state index in [4.69, 9.17) is 19.4 Å². The first-order valence-electron chi connectivity index (χ1n) is 11.0. The van der Waals surface area contributed by atoms with Gasteiger partial charge in [-0.25, -0.2) is 4.98 Å². The van der Waals surface area contributed by atoms with E-state index in [0.717, 1.165) is 60.0 Å². The van der Waals surface area contributed by atoms with Crippen molar-refractivity contribution >= 4 is 22.3 Å². The van der Waals surface area contributed by atoms with Crippen molar-refractivity contribution in [1.29, 1.82) is 0 Å². The van der Waals surface area contributed by atoms with Crippen molar-refractivity contribution in [3.05, 3.63) is 54.4 Å². The van der Waals surface area contributed by atoms with Crippen LogP contribution in [-0.4, -0.2) is 63.6 Å². The second kappa shape index (κ2) is 10.5. The van der Waals surface area contributed by atoms with Crippen LogP contribution in [0.2, 0.25) is 0 Å². The molecule has 2 heterocycles. The van der Waals surface area contributed by atoms with Crippen molar-refractivity contribution in [2.75, 3.05) is 39.9 Å². The summed E-state index contributed by atoms with van der Waals surface area (Å²) in [4.78, 5) is 12.7. The van der Waals surface area contributed by atoms with Crippen molar-refractivity contribution < 1.29 is 14.0 Å². The zero-order chi connectivity index (χ0) is 22.5. The molecular formula is C24H30N4O3S. The molecule has 0 amide bonds. The number of rotatable bonds is 8. The Morgan fingerprint density at radius 1 is 1.03 bits per heavy atom. The van der Waals surface area contributed by atoms with Gasteiger partial charge in [0.2, 0.25) is 5.88 Å². The summed E-state index contributed by atoms with van der Waals surface area (Å²) in [6.07, 6.45) is 0.927. The number of benzene rings is 2. The molecule has 7 nitrogen and oxygen atoms in total. The Morgan fingerprint density at radius 3 is 2.44 bits per heavy atom. The number of nitrogens with zero attached hydrogens (tertiary/aromatic N) is 4. The Bertz CT molecular complexity index is 1030. The maximum absolute atomic E-state index is 13.0. The molecule has 2 unspecified atom stereocenters. The normalized spacial score (nSPS) is 17.2. The highest BCUT2D eigenvalue weighted by Crippen LogP contribution is 2.28. The predicted molar refractivity (Wildman–Crippen MR) is 126 cm³/mol. The molecule has 1 aliphatic heterocycles. The van der Waals surface area contributed by atoms with Gasteiger partial charge in [-0.05, 0) is 49.7 Å². The Morgan fingerprint density at radius 2 is 1.75 bits per heavy atom. The van der Waals surface area contributed by atoms with Crippen LogP contribution < -0.4 is 9.47 Å². The van der Waals surface area contributed by atoms with Crippen molar-refractivity contribution in [2.45, 2.75) is 31.2 Å². The predicted octanol–water partition coefficient (Wildman–Crippen LogP) is 3.83. The van der Waals surface area contributed by atoms with Gasteiger partial charge >= 0.3 is 0 Å². The minimum Gasteiger partial charge on any atom is -0.593 e. The Kier molecular flexibility index (Phi) is 7.47. The van der Waals surface area contributed by atoms with E-state index in [2.05, 4.69) is 18.7 Å². The van der Waals surface area contributed by atoms with Crippen LogP contribution in [-0.2, 0) is 11.4 Å². The number of para-hydroxylation sites is 1. The number of ether oxygens (including phenoxy) is 2. The van der Waals surface area contributed by atoms with Crippen LogP contribution in [0.3, 0.4) is 0 Å². The first-order chi connectivity index (χ1) is 15.6. The summed E-state index contributed by atoms with van der Waals surface area (Å²) < 4.78 is 26.1. The van der Waals surface area contributed by atoms with E-state index in [1.165, 1.54) is 0 Å². The highest BCUT2D eigenvalue weighted by Gasteiger charge is 2.31. The molecule has 32 heavy (non-hydrogen) atoms. The van der Waals surface area contributed by atoms with Gasteiger partial charge in [0.15, 0.2) is 4.90 Å². The molecule has 1 saturated heterocycles. The number of hydrogen-bond acceptors (Lipinski definition) is 7. The van der Waals surface area contributed by atoms with E-state index < -0.39 is 11.4 Å². The lowest BCUT2D eigenvalue weighted by atomic mass is 10.2. The van der Waals surface area contributed by atoms with Crippen LogP contribution in [0.25, 0.3) is 10.9 Å². The van der Waals surface area contributed by atoms with Crippen LogP contribution >= 0.6 is 0 Å². The van der Waals surface area contributed by atoms with Crippen LogP contribution in [0.15, 0.2) is 53.4 Å². The molecule has 0 saturated carbocycles. The average molecular weight is 455 g/mol. The molecule has 0 bridgehead atoms. The van der Waals surface area contributed by atoms with Crippen molar-refractivity contribution in [1.82, 2.24) is 19.2 Å². The monoisotopic (exact) mass is 454 g/mol. The third-order valence-electron chi connectivity index (χ3n) is 5.72. The lowest BCUT2D eigenvalue weighted by Crippen LogP contribution is -2.49. The molecule has 170 valence electrons. The zero-order valence-corrected chi connectivity index (χ0v) is 19.7. The summed E-state index contributed by atoms with van der Waals surface area (Å²) in [5.74, 6) is 2.18. The molecular weight excluding hydrogens is 424 g/mol. The van der Waals surface area contributed by atoms with Crippen LogP contribution in [0.1, 0.15) is 32.1 Å². The number of fused-ring (bicyclic) bond motifs is 1. The van der Waals surface area contributed by atoms with E-state index >= 15 is 0 Å². The Balaban J connectivity index is 1.44. The zero-order valence-electron chi connectivity index (χ0n) is 18.9. The molecule has 0 aliphatic carbocycles. The van der Waals surface area contributed by atoms with Crippen molar-refractivity contribution in [3.63, 3.8) is 0 Å². The van der Waals surface area contributed by atoms with Crippen LogP contribution in [0.5, 0.6) is 11.6 Å². The van der Waals surface area contributed by atoms with Crippen molar-refractivity contribution in [3.8, 4) is 11.6 Å². The first-order valence-corrected chi connectivity index (χ1v) is 12.2. The maximum Gasteiger partial charge on any atom is 0.224 e. The maximum atomic E-state index is 13.0. The van der Waals surface area contributed by atoms with E-state index in [9.17, 15) is 4.55 Å². The number of aromatic nitrogens is 2. The standard InChI is InChI=1S/C24H30N4O3S/c1-4-17-31-24-21-7-5-6-8-22(21)25-23(26-24)18(2)27-13-15-28(16-14-27)32(29)20-11-9-19(30-3)10-12-20/h5-12,18H,4,13-17H2,1-3H3. The van der Waals surface area contributed by atoms with E-state index in [1.54, 1.807) is 7.11 Å². The minimum absolute atomic E-state index is 0.0418. The fourth-order valence-electron chi connectivity index (χ4n) is 3.82. The third kappa shape index (κ3) is 4.99. The van der Waals surface area contributed by atoms with Gasteiger partial charge < -0.3 is 14.0 Å². The van der Waals surface area contributed by atoms with Gasteiger partial charge in [0.1, 0.15) is 11.6 Å². The van der Waals surface area contributed by atoms with Crippen molar-refractivity contribution in [2.24, 2.45) is 0 Å². The molecule has 1 aliphatic rings. The first kappa shape index (κ1) is 22.8. The highest BCUT2D eigenvalue weighted by atomic mass is 32.2. The molecule has 8 heteroatoms. The molecule has 0 N–H and O–H groups in total. The molecule has 4 rings (SSSR count). The summed E-state index contributed by atoms with van der Waals surface area (Å²) in [5.41, 5.74) is 0.898. The molecule has 2 atom stereocenters. The molecule has 1 aromatic heterocycles. The van der Waals surface area contributed by atoms with Gasteiger partial charge in [-0.3, -0.25) is 4.90 Å². The Labute approximate surface area is 192 Å². The summed E-state index contributed by atoms with van der Waals surface area (Å²) in [6, 6.07) is 15.4. The van der Waals surface area contributed by atoms with Gasteiger partial charge in [0.05, 0.1) is 55.1 Å². The van der Waals surface area contributed by atoms with Gasteiger partial charge in [-0.1, -0.05) is 19.1 Å². The summed E-state index contributed by atoms with van der Waals surface area (Å²) in [5, 5.41) is 0.941. The van der Waals surface area contributed by atoms with Crippen LogP contribution in [0.4, 0.5) is 0 Å². The largest absolute Gasteiger partial charge is 0.593 e. The molecule has 3 aromatic rings. The van der Waals surface area contributed by atoms with Crippen LogP contribution in [0, 0.1) is 0 Å². The van der Waals surface area contributed by atoms with Gasteiger partial charge in [-0.15, -0.1) is 4.31 Å². The topological polar surface area (TPSA) is 73.8 Å². The van der Waals surface area contributed by atoms with E-state index in [0.29, 0.717) is 12.5 Å². The lowest BCUT2D eigenvalue weighted by molar-refractivity contribution is 0.140. The van der Waals surface area contributed by atoms with E-state index in [-0.39, 0.29) is 6.04 Å². The highest BCUT2D eigenvalue weighted by molar-refractivity contribution is 7.89. The summed E-state index contributed by atoms with van der Waals surface area (Å²) >= 11 is -1.18. The Hall–Kier alpha value is -2.39.